The minimum atomic E-state index is -0.613. The van der Waals surface area contributed by atoms with E-state index in [0.717, 1.165) is 50.1 Å². The van der Waals surface area contributed by atoms with Crippen molar-refractivity contribution in [1.82, 2.24) is 25.2 Å². The van der Waals surface area contributed by atoms with Crippen molar-refractivity contribution in [2.75, 3.05) is 56.6 Å². The molecule has 0 amide bonds. The number of hydrogen-bond acceptors (Lipinski definition) is 10. The third-order valence-electron chi connectivity index (χ3n) is 9.80. The number of halogens is 2. The van der Waals surface area contributed by atoms with E-state index in [1.165, 1.54) is 11.3 Å². The number of benzene rings is 1. The number of piperazine rings is 1. The predicted octanol–water partition coefficient (Wildman–Crippen LogP) is 5.14. The highest BCUT2D eigenvalue weighted by molar-refractivity contribution is 7.23. The van der Waals surface area contributed by atoms with E-state index in [2.05, 4.69) is 45.0 Å². The standard InChI is InChI=1S/C32H36F2N8OS/c1-3-41-10-9-18(11-33)32(2,16-41)17-43-31-39-28-23(30(40-31)42-14-19-7-8-20(15-42)38-19)13-37-27(26(28)34)21-5-4-6-24-25(21)22(12-35)29(36)44-24/h4-6,13,18-20,38H,3,7-11,14-17,36H2,1-2H3/t18-,19-,20+,32+/m1/s1. The van der Waals surface area contributed by atoms with Crippen molar-refractivity contribution in [1.29, 1.82) is 5.26 Å². The number of nitrogens with two attached hydrogens (primary N) is 1. The number of aromatic nitrogens is 3. The summed E-state index contributed by atoms with van der Waals surface area (Å²) >= 11 is 1.29. The van der Waals surface area contributed by atoms with Crippen molar-refractivity contribution >= 4 is 43.1 Å². The number of piperidine rings is 1. The highest BCUT2D eigenvalue weighted by atomic mass is 32.1. The summed E-state index contributed by atoms with van der Waals surface area (Å²) in [6, 6.07) is 8.32. The van der Waals surface area contributed by atoms with Crippen molar-refractivity contribution < 1.29 is 13.5 Å². The van der Waals surface area contributed by atoms with Crippen LogP contribution in [0.25, 0.3) is 32.2 Å². The van der Waals surface area contributed by atoms with Crippen LogP contribution in [0.2, 0.25) is 0 Å². The van der Waals surface area contributed by atoms with Gasteiger partial charge < -0.3 is 25.6 Å². The van der Waals surface area contributed by atoms with Gasteiger partial charge in [0.25, 0.3) is 0 Å². The Bertz CT molecular complexity index is 1760. The van der Waals surface area contributed by atoms with E-state index >= 15 is 4.39 Å². The van der Waals surface area contributed by atoms with Gasteiger partial charge in [0, 0.05) is 59.0 Å². The Labute approximate surface area is 259 Å². The average molecular weight is 619 g/mol. The fraction of sp³-hybridized carbons (Fsp3) is 0.500. The number of anilines is 2. The van der Waals surface area contributed by atoms with Crippen LogP contribution >= 0.6 is 11.3 Å². The number of nitrogens with zero attached hydrogens (tertiary/aromatic N) is 6. The lowest BCUT2D eigenvalue weighted by Crippen LogP contribution is -2.51. The first-order valence-electron chi connectivity index (χ1n) is 15.3. The third-order valence-corrected chi connectivity index (χ3v) is 10.8. The summed E-state index contributed by atoms with van der Waals surface area (Å²) in [7, 11) is 0. The summed E-state index contributed by atoms with van der Waals surface area (Å²) in [5.41, 5.74) is 6.68. The minimum absolute atomic E-state index is 0.0672. The van der Waals surface area contributed by atoms with E-state index in [-0.39, 0.29) is 29.7 Å². The van der Waals surface area contributed by atoms with E-state index in [9.17, 15) is 9.65 Å². The lowest BCUT2D eigenvalue weighted by Gasteiger charge is -2.44. The molecule has 12 heteroatoms. The van der Waals surface area contributed by atoms with E-state index in [1.54, 1.807) is 12.3 Å². The first kappa shape index (κ1) is 29.1. The maximum atomic E-state index is 16.7. The average Bonchev–Trinajstić information content (AvgIpc) is 3.55. The number of thiophene rings is 1. The van der Waals surface area contributed by atoms with Crippen LogP contribution in [0.1, 0.15) is 38.7 Å². The van der Waals surface area contributed by atoms with Crippen LogP contribution in [-0.4, -0.2) is 77.9 Å². The lowest BCUT2D eigenvalue weighted by molar-refractivity contribution is -0.00718. The van der Waals surface area contributed by atoms with Crippen molar-refractivity contribution in [3.63, 3.8) is 0 Å². The Hall–Kier alpha value is -3.66. The zero-order valence-electron chi connectivity index (χ0n) is 24.9. The smallest absolute Gasteiger partial charge is 0.319 e. The van der Waals surface area contributed by atoms with E-state index < -0.39 is 17.9 Å². The number of nitriles is 1. The summed E-state index contributed by atoms with van der Waals surface area (Å²) in [5, 5.41) is 14.9. The van der Waals surface area contributed by atoms with Gasteiger partial charge in [0.1, 0.15) is 28.1 Å². The summed E-state index contributed by atoms with van der Waals surface area (Å²) in [6.45, 7) is 7.87. The number of nitrogen functional groups attached to an aromatic ring is 1. The minimum Gasteiger partial charge on any atom is -0.463 e. The number of fused-ring (bicyclic) bond motifs is 4. The summed E-state index contributed by atoms with van der Waals surface area (Å²) in [5.74, 6) is -0.171. The molecule has 0 spiro atoms. The molecular formula is C32H36F2N8OS. The Morgan fingerprint density at radius 3 is 2.75 bits per heavy atom. The second-order valence-corrected chi connectivity index (χ2v) is 13.7. The van der Waals surface area contributed by atoms with Crippen LogP contribution in [0, 0.1) is 28.5 Å². The summed E-state index contributed by atoms with van der Waals surface area (Å²) < 4.78 is 37.9. The topological polar surface area (TPSA) is 116 Å². The molecule has 0 aliphatic carbocycles. The Balaban J connectivity index is 1.33. The number of nitrogens with one attached hydrogen (secondary N) is 1. The SMILES string of the molecule is CCN1CC[C@H](CF)[C@](C)(COc2nc(N3C[C@H]4CC[C@@H](C3)N4)c3cnc(-c4cccc5sc(N)c(C#N)c45)c(F)c3n2)C1. The number of pyridine rings is 1. The van der Waals surface area contributed by atoms with Crippen molar-refractivity contribution in [3.05, 3.63) is 35.8 Å². The summed E-state index contributed by atoms with van der Waals surface area (Å²) in [6.07, 6.45) is 4.54. The quantitative estimate of drug-likeness (QED) is 0.291. The van der Waals surface area contributed by atoms with Crippen LogP contribution in [0.5, 0.6) is 6.01 Å². The highest BCUT2D eigenvalue weighted by Crippen LogP contribution is 2.42. The number of ether oxygens (including phenoxy) is 1. The predicted molar refractivity (Wildman–Crippen MR) is 169 cm³/mol. The molecule has 4 aromatic rings. The molecule has 0 unspecified atom stereocenters. The second-order valence-electron chi connectivity index (χ2n) is 12.6. The lowest BCUT2D eigenvalue weighted by atomic mass is 9.73. The van der Waals surface area contributed by atoms with E-state index in [1.807, 2.05) is 12.1 Å². The van der Waals surface area contributed by atoms with Gasteiger partial charge in [-0.05, 0) is 44.3 Å². The number of alkyl halides is 1. The van der Waals surface area contributed by atoms with Crippen LogP contribution < -0.4 is 20.7 Å². The van der Waals surface area contributed by atoms with Gasteiger partial charge in [-0.25, -0.2) is 4.39 Å². The molecular weight excluding hydrogens is 582 g/mol. The molecule has 3 fully saturated rings. The van der Waals surface area contributed by atoms with Crippen LogP contribution in [0.15, 0.2) is 24.4 Å². The van der Waals surface area contributed by atoms with Crippen molar-refractivity contribution in [2.24, 2.45) is 11.3 Å². The maximum Gasteiger partial charge on any atom is 0.319 e. The van der Waals surface area contributed by atoms with Gasteiger partial charge in [0.05, 0.1) is 24.2 Å². The fourth-order valence-corrected chi connectivity index (χ4v) is 8.24. The highest BCUT2D eigenvalue weighted by Gasteiger charge is 2.41. The number of likely N-dealkylation sites (tertiary alicyclic amines) is 1. The van der Waals surface area contributed by atoms with Crippen LogP contribution in [0.4, 0.5) is 19.6 Å². The molecule has 3 aromatic heterocycles. The Morgan fingerprint density at radius 1 is 1.23 bits per heavy atom. The first-order valence-corrected chi connectivity index (χ1v) is 16.1. The molecule has 7 rings (SSSR count). The molecule has 44 heavy (non-hydrogen) atoms. The van der Waals surface area contributed by atoms with Crippen LogP contribution in [0.3, 0.4) is 0 Å². The second kappa shape index (κ2) is 11.4. The zero-order valence-corrected chi connectivity index (χ0v) is 25.8. The van der Waals surface area contributed by atoms with Crippen molar-refractivity contribution in [2.45, 2.75) is 45.2 Å². The normalized spacial score (nSPS) is 25.5. The molecule has 4 atom stereocenters. The molecule has 3 N–H and O–H groups in total. The van der Waals surface area contributed by atoms with Crippen LogP contribution in [-0.2, 0) is 0 Å². The molecule has 0 radical (unpaired) electrons. The monoisotopic (exact) mass is 618 g/mol. The van der Waals surface area contributed by atoms with E-state index in [4.69, 9.17) is 15.5 Å². The molecule has 230 valence electrons. The maximum absolute atomic E-state index is 16.7. The fourth-order valence-electron chi connectivity index (χ4n) is 7.29. The zero-order chi connectivity index (χ0) is 30.6. The molecule has 3 aliphatic heterocycles. The molecule has 6 heterocycles. The van der Waals surface area contributed by atoms with Gasteiger partial charge in [0.15, 0.2) is 5.82 Å². The molecule has 3 aliphatic rings. The largest absolute Gasteiger partial charge is 0.463 e. The van der Waals surface area contributed by atoms with Crippen molar-refractivity contribution in [3.8, 4) is 23.3 Å². The first-order chi connectivity index (χ1) is 21.3. The van der Waals surface area contributed by atoms with Gasteiger partial charge in [0.2, 0.25) is 0 Å². The Morgan fingerprint density at radius 2 is 2.02 bits per heavy atom. The van der Waals surface area contributed by atoms with Gasteiger partial charge in [-0.1, -0.05) is 26.0 Å². The number of rotatable bonds is 7. The molecule has 3 saturated heterocycles. The van der Waals surface area contributed by atoms with Gasteiger partial charge in [-0.15, -0.1) is 11.3 Å². The number of hydrogen-bond donors (Lipinski definition) is 2. The summed E-state index contributed by atoms with van der Waals surface area (Å²) in [4.78, 5) is 18.5. The Kier molecular flexibility index (Phi) is 7.51. The van der Waals surface area contributed by atoms with E-state index in [0.29, 0.717) is 51.3 Å². The molecule has 1 aromatic carbocycles. The van der Waals surface area contributed by atoms with Gasteiger partial charge >= 0.3 is 6.01 Å². The molecule has 2 bridgehead atoms. The van der Waals surface area contributed by atoms with Gasteiger partial charge in [-0.2, -0.15) is 15.2 Å². The third kappa shape index (κ3) is 4.91. The molecule has 0 saturated carbocycles. The van der Waals surface area contributed by atoms with Gasteiger partial charge in [-0.3, -0.25) is 9.37 Å². The molecule has 9 nitrogen and oxygen atoms in total.